The minimum Gasteiger partial charge on any atom is -0.491 e. The van der Waals surface area contributed by atoms with Gasteiger partial charge in [-0.2, -0.15) is 13.2 Å². The van der Waals surface area contributed by atoms with Gasteiger partial charge in [0.05, 0.1) is 23.1 Å². The fourth-order valence-corrected chi connectivity index (χ4v) is 10.3. The zero-order valence-corrected chi connectivity index (χ0v) is 39.4. The molecule has 16 nitrogen and oxygen atoms in total. The number of rotatable bonds is 11. The maximum atomic E-state index is 15.2. The first-order valence-electron chi connectivity index (χ1n) is 22.5. The number of alkyl halides is 3. The number of hydrogen-bond donors (Lipinski definition) is 3. The Labute approximate surface area is 388 Å². The van der Waals surface area contributed by atoms with Gasteiger partial charge in [0.1, 0.15) is 46.5 Å². The topological polar surface area (TPSA) is 210 Å². The molecule has 7 rings (SSSR count). The van der Waals surface area contributed by atoms with Gasteiger partial charge in [-0.05, 0) is 115 Å². The number of pyridine rings is 1. The smallest absolute Gasteiger partial charge is 0.411 e. The number of carbonyl (C=O) groups is 4. The van der Waals surface area contributed by atoms with E-state index in [0.29, 0.717) is 62.2 Å². The number of amides is 4. The van der Waals surface area contributed by atoms with Gasteiger partial charge in [0.2, 0.25) is 21.8 Å². The highest BCUT2D eigenvalue weighted by molar-refractivity contribution is 7.91. The molecule has 3 N–H and O–H groups in total. The Kier molecular flexibility index (Phi) is 13.5. The van der Waals surface area contributed by atoms with Crippen molar-refractivity contribution in [3.63, 3.8) is 0 Å². The Hall–Kier alpha value is -5.79. The Morgan fingerprint density at radius 1 is 1.01 bits per heavy atom. The van der Waals surface area contributed by atoms with Gasteiger partial charge in [-0.3, -0.25) is 24.0 Å². The normalized spacial score (nSPS) is 27.1. The molecule has 2 saturated carbocycles. The molecule has 1 aromatic carbocycles. The van der Waals surface area contributed by atoms with Crippen molar-refractivity contribution in [2.24, 2.45) is 17.8 Å². The summed E-state index contributed by atoms with van der Waals surface area (Å²) in [5.74, 6) is -3.65. The maximum absolute atomic E-state index is 15.2. The minimum atomic E-state index is -5.12. The highest BCUT2D eigenvalue weighted by Gasteiger charge is 2.64. The van der Waals surface area contributed by atoms with E-state index in [1.807, 2.05) is 20.8 Å². The first-order valence-corrected chi connectivity index (χ1v) is 24.0. The number of benzene rings is 1. The van der Waals surface area contributed by atoms with E-state index in [4.69, 9.17) is 14.5 Å². The van der Waals surface area contributed by atoms with E-state index in [1.165, 1.54) is 26.2 Å². The van der Waals surface area contributed by atoms with Crippen molar-refractivity contribution in [2.75, 3.05) is 6.54 Å². The van der Waals surface area contributed by atoms with E-state index in [9.17, 15) is 41.1 Å². The molecule has 3 fully saturated rings. The number of carboxylic acid groups (broad SMARTS) is 1. The molecule has 3 aromatic rings. The summed E-state index contributed by atoms with van der Waals surface area (Å²) in [5.41, 5.74) is -3.41. The van der Waals surface area contributed by atoms with Crippen LogP contribution in [0.2, 0.25) is 0 Å². The van der Waals surface area contributed by atoms with Crippen molar-refractivity contribution in [3.8, 4) is 34.3 Å². The maximum Gasteiger partial charge on any atom is 0.411 e. The van der Waals surface area contributed by atoms with Crippen LogP contribution < -0.4 is 19.5 Å². The molecule has 2 aliphatic carbocycles. The number of nitrogens with zero attached hydrogens (tertiary/aromatic N) is 5. The predicted octanol–water partition coefficient (Wildman–Crippen LogP) is 6.92. The summed E-state index contributed by atoms with van der Waals surface area (Å²) in [5, 5.41) is 13.3. The zero-order chi connectivity index (χ0) is 48.9. The van der Waals surface area contributed by atoms with Crippen molar-refractivity contribution < 1.29 is 55.3 Å². The van der Waals surface area contributed by atoms with Gasteiger partial charge >= 0.3 is 12.3 Å². The summed E-state index contributed by atoms with van der Waals surface area (Å²) in [6.07, 6.45) is -0.0406. The lowest BCUT2D eigenvalue weighted by Crippen LogP contribution is -2.66. The molecule has 4 aliphatic rings. The molecule has 0 unspecified atom stereocenters. The standard InChI is InChI=1S/C47H58F3N7O9S/c1-27(2)65-32-15-13-30(14-16-32)35-22-33(23-36(53-35)39-51-19-10-20-52-39)66-34-24-37-40(58)54-46(42(60)55-67(63,64)45(7)17-18-45)25-31(46)12-9-8-11-28(3)21-29(4)38(41(59)56(37)26-34)57(43(61)62)44(5,6)47(48,49)50/h9-10,12-16,19-20,22-23,27-29,31,34,37-38H,8,11,17-18,21,24-26H2,1-7H3,(H,54,58)(H,55,60)(H,61,62)/b12-9-/t28-,29+,31+,34+,37-,38-,46+/m0/s1. The second-order valence-corrected chi connectivity index (χ2v) is 21.6. The van der Waals surface area contributed by atoms with Crippen LogP contribution in [0.15, 0.2) is 67.0 Å². The number of halogens is 3. The number of ether oxygens (including phenoxy) is 2. The van der Waals surface area contributed by atoms with Gasteiger partial charge in [0, 0.05) is 42.4 Å². The molecule has 362 valence electrons. The average Bonchev–Trinajstić information content (AvgIpc) is 4.13. The fraction of sp³-hybridized carbons (Fsp3) is 0.553. The number of nitrogens with one attached hydrogen (secondary N) is 2. The van der Waals surface area contributed by atoms with Gasteiger partial charge in [-0.1, -0.05) is 26.0 Å². The summed E-state index contributed by atoms with van der Waals surface area (Å²) < 4.78 is 84.7. The number of carbonyl (C=O) groups excluding carboxylic acids is 3. The van der Waals surface area contributed by atoms with Crippen LogP contribution in [-0.2, 0) is 24.4 Å². The Balaban J connectivity index is 1.30. The zero-order valence-electron chi connectivity index (χ0n) is 38.5. The quantitative estimate of drug-likeness (QED) is 0.167. The van der Waals surface area contributed by atoms with Crippen molar-refractivity contribution in [1.29, 1.82) is 0 Å². The first-order chi connectivity index (χ1) is 31.4. The highest BCUT2D eigenvalue weighted by Crippen LogP contribution is 2.48. The summed E-state index contributed by atoms with van der Waals surface area (Å²) in [7, 11) is -4.15. The third kappa shape index (κ3) is 10.2. The van der Waals surface area contributed by atoms with E-state index in [-0.39, 0.29) is 54.3 Å². The summed E-state index contributed by atoms with van der Waals surface area (Å²) in [6.45, 7) is 9.69. The van der Waals surface area contributed by atoms with Crippen LogP contribution in [0.4, 0.5) is 18.0 Å². The van der Waals surface area contributed by atoms with Gasteiger partial charge in [0.25, 0.3) is 5.91 Å². The summed E-state index contributed by atoms with van der Waals surface area (Å²) in [4.78, 5) is 71.9. The van der Waals surface area contributed by atoms with E-state index in [1.54, 1.807) is 54.6 Å². The highest BCUT2D eigenvalue weighted by atomic mass is 32.2. The number of hydrogen-bond acceptors (Lipinski definition) is 11. The lowest BCUT2D eigenvalue weighted by atomic mass is 9.85. The largest absolute Gasteiger partial charge is 0.491 e. The van der Waals surface area contributed by atoms with E-state index >= 15 is 4.79 Å². The second-order valence-electron chi connectivity index (χ2n) is 19.5. The van der Waals surface area contributed by atoms with Crippen molar-refractivity contribution >= 4 is 33.8 Å². The van der Waals surface area contributed by atoms with Crippen molar-refractivity contribution in [2.45, 2.75) is 140 Å². The van der Waals surface area contributed by atoms with Crippen LogP contribution in [0.3, 0.4) is 0 Å². The molecule has 1 saturated heterocycles. The Morgan fingerprint density at radius 2 is 1.67 bits per heavy atom. The molecule has 2 aliphatic heterocycles. The van der Waals surface area contributed by atoms with Crippen LogP contribution in [0.1, 0.15) is 93.4 Å². The Morgan fingerprint density at radius 3 is 2.28 bits per heavy atom. The number of fused-ring (bicyclic) bond motifs is 2. The molecule has 2 aromatic heterocycles. The van der Waals surface area contributed by atoms with Crippen molar-refractivity contribution in [3.05, 3.63) is 67.0 Å². The SMILES string of the molecule is CC(C)Oc1ccc(-c2cc(O[C@@H]3C[C@H]4C(=O)N[C@]5(C(=O)NS(=O)(=O)C6(C)CC6)C[C@H]5/C=C\CC[C@H](C)C[C@@H](C)[C@H](N(C(=O)O)C(C)(C)C(F)(F)F)C(=O)N4C3)cc(-c3ncccn3)n2)cc1. The average molecular weight is 954 g/mol. The molecule has 0 bridgehead atoms. The van der Waals surface area contributed by atoms with Gasteiger partial charge < -0.3 is 24.8 Å². The lowest BCUT2D eigenvalue weighted by Gasteiger charge is -2.45. The van der Waals surface area contributed by atoms with E-state index in [0.717, 1.165) is 4.90 Å². The van der Waals surface area contributed by atoms with Crippen LogP contribution in [0, 0.1) is 17.8 Å². The van der Waals surface area contributed by atoms with Gasteiger partial charge in [-0.15, -0.1) is 0 Å². The molecule has 7 atom stereocenters. The monoisotopic (exact) mass is 953 g/mol. The van der Waals surface area contributed by atoms with Crippen molar-refractivity contribution in [1.82, 2.24) is 34.8 Å². The minimum absolute atomic E-state index is 0.0321. The Bertz CT molecular complexity index is 2500. The predicted molar refractivity (Wildman–Crippen MR) is 240 cm³/mol. The number of sulfonamides is 1. The summed E-state index contributed by atoms with van der Waals surface area (Å²) in [6, 6.07) is 8.55. The summed E-state index contributed by atoms with van der Waals surface area (Å²) >= 11 is 0. The van der Waals surface area contributed by atoms with E-state index in [2.05, 4.69) is 20.0 Å². The molecule has 4 amide bonds. The second kappa shape index (κ2) is 18.4. The molecule has 4 heterocycles. The van der Waals surface area contributed by atoms with Gasteiger partial charge in [-0.25, -0.2) is 28.2 Å². The third-order valence-corrected chi connectivity index (χ3v) is 15.6. The molecular formula is C47H58F3N7O9S. The number of aromatic nitrogens is 3. The number of allylic oxidation sites excluding steroid dienone is 1. The van der Waals surface area contributed by atoms with Gasteiger partial charge in [0.15, 0.2) is 5.82 Å². The molecule has 67 heavy (non-hydrogen) atoms. The van der Waals surface area contributed by atoms with Crippen LogP contribution in [0.25, 0.3) is 22.8 Å². The van der Waals surface area contributed by atoms with Crippen LogP contribution in [-0.4, -0.2) is 115 Å². The molecular weight excluding hydrogens is 896 g/mol. The lowest BCUT2D eigenvalue weighted by molar-refractivity contribution is -0.222. The molecule has 0 spiro atoms. The van der Waals surface area contributed by atoms with Crippen LogP contribution >= 0.6 is 0 Å². The molecule has 20 heteroatoms. The third-order valence-electron chi connectivity index (χ3n) is 13.4. The van der Waals surface area contributed by atoms with Crippen LogP contribution in [0.5, 0.6) is 11.5 Å². The van der Waals surface area contributed by atoms with E-state index < -0.39 is 85.9 Å². The first kappa shape index (κ1) is 49.1. The molecule has 0 radical (unpaired) electrons. The fourth-order valence-electron chi connectivity index (χ4n) is 9.02.